The molecule has 1 aliphatic rings. The normalized spacial score (nSPS) is 18.9. The van der Waals surface area contributed by atoms with Crippen molar-refractivity contribution in [3.63, 3.8) is 0 Å². The van der Waals surface area contributed by atoms with E-state index in [-0.39, 0.29) is 11.6 Å². The van der Waals surface area contributed by atoms with E-state index >= 15 is 0 Å². The van der Waals surface area contributed by atoms with Crippen molar-refractivity contribution in [3.8, 4) is 17.3 Å². The van der Waals surface area contributed by atoms with Gasteiger partial charge in [0.2, 0.25) is 0 Å². The Labute approximate surface area is 160 Å². The Bertz CT molecular complexity index is 1010. The van der Waals surface area contributed by atoms with Crippen LogP contribution < -0.4 is 5.56 Å². The smallest absolute Gasteiger partial charge is 0.266 e. The lowest BCUT2D eigenvalue weighted by molar-refractivity contribution is -0.137. The number of hydrogen-bond donors (Lipinski definition) is 0. The molecule has 1 saturated carbocycles. The third kappa shape index (κ3) is 3.86. The number of aryl methyl sites for hydroxylation is 1. The molecule has 1 heterocycles. The third-order valence-corrected chi connectivity index (χ3v) is 5.07. The number of aromatic nitrogens is 1. The van der Waals surface area contributed by atoms with Crippen LogP contribution in [0.1, 0.15) is 49.3 Å². The van der Waals surface area contributed by atoms with Gasteiger partial charge >= 0.3 is 6.18 Å². The van der Waals surface area contributed by atoms with Crippen molar-refractivity contribution in [2.24, 2.45) is 11.0 Å². The molecule has 1 aromatic carbocycles. The summed E-state index contributed by atoms with van der Waals surface area (Å²) in [5, 5.41) is 13.7. The monoisotopic (exact) mass is 387 g/mol. The highest BCUT2D eigenvalue weighted by Gasteiger charge is 2.36. The molecule has 0 aliphatic heterocycles. The second kappa shape index (κ2) is 7.63. The Morgan fingerprint density at radius 2 is 1.89 bits per heavy atom. The molecule has 0 saturated heterocycles. The van der Waals surface area contributed by atoms with Crippen LogP contribution in [-0.4, -0.2) is 10.4 Å². The number of rotatable bonds is 2. The molecule has 146 valence electrons. The number of alkyl halides is 3. The van der Waals surface area contributed by atoms with Crippen LogP contribution in [0.5, 0.6) is 0 Å². The molecule has 3 rings (SSSR count). The predicted octanol–water partition coefficient (Wildman–Crippen LogP) is 5.13. The maximum Gasteiger partial charge on any atom is 0.417 e. The fourth-order valence-corrected chi connectivity index (χ4v) is 3.41. The van der Waals surface area contributed by atoms with Crippen molar-refractivity contribution in [3.05, 3.63) is 57.4 Å². The van der Waals surface area contributed by atoms with Gasteiger partial charge in [-0.3, -0.25) is 4.79 Å². The van der Waals surface area contributed by atoms with Crippen LogP contribution in [-0.2, 0) is 6.18 Å². The number of halogens is 3. The van der Waals surface area contributed by atoms with Gasteiger partial charge in [-0.25, -0.2) is 0 Å². The Hall–Kier alpha value is -2.88. The first-order chi connectivity index (χ1) is 13.2. The molecule has 0 radical (unpaired) electrons. The predicted molar refractivity (Wildman–Crippen MR) is 101 cm³/mol. The van der Waals surface area contributed by atoms with Crippen molar-refractivity contribution < 1.29 is 13.2 Å². The summed E-state index contributed by atoms with van der Waals surface area (Å²) >= 11 is 0. The highest BCUT2D eigenvalue weighted by Crippen LogP contribution is 2.34. The first-order valence-corrected chi connectivity index (χ1v) is 9.14. The number of hydrogen-bond acceptors (Lipinski definition) is 3. The summed E-state index contributed by atoms with van der Waals surface area (Å²) in [5.74, 6) is 0.138. The molecule has 2 aromatic rings. The zero-order valence-corrected chi connectivity index (χ0v) is 15.7. The molecule has 0 bridgehead atoms. The Morgan fingerprint density at radius 3 is 2.46 bits per heavy atom. The summed E-state index contributed by atoms with van der Waals surface area (Å²) in [6, 6.07) is 9.09. The van der Waals surface area contributed by atoms with Crippen LogP contribution in [0.25, 0.3) is 11.3 Å². The number of pyridine rings is 1. The van der Waals surface area contributed by atoms with E-state index in [2.05, 4.69) is 5.10 Å². The molecule has 0 amide bonds. The highest BCUT2D eigenvalue weighted by molar-refractivity contribution is 5.87. The number of nitrogens with zero attached hydrogens (tertiary/aromatic N) is 3. The molecule has 1 aliphatic carbocycles. The molecule has 7 heteroatoms. The Kier molecular flexibility index (Phi) is 5.41. The average Bonchev–Trinajstić information content (AvgIpc) is 2.64. The zero-order valence-electron chi connectivity index (χ0n) is 15.7. The molecule has 1 atom stereocenters. The molecule has 0 N–H and O–H groups in total. The van der Waals surface area contributed by atoms with Gasteiger partial charge in [0.15, 0.2) is 0 Å². The molecule has 1 unspecified atom stereocenters. The quantitative estimate of drug-likeness (QED) is 0.717. The van der Waals surface area contributed by atoms with Crippen LogP contribution in [0, 0.1) is 24.2 Å². The van der Waals surface area contributed by atoms with E-state index in [0.29, 0.717) is 12.0 Å². The minimum Gasteiger partial charge on any atom is -0.266 e. The van der Waals surface area contributed by atoms with Gasteiger partial charge < -0.3 is 0 Å². The first kappa shape index (κ1) is 19.9. The van der Waals surface area contributed by atoms with Gasteiger partial charge in [-0.1, -0.05) is 43.2 Å². The van der Waals surface area contributed by atoms with Crippen LogP contribution in [0.15, 0.2) is 40.2 Å². The van der Waals surface area contributed by atoms with Gasteiger partial charge in [0.1, 0.15) is 11.6 Å². The van der Waals surface area contributed by atoms with Crippen LogP contribution in [0.2, 0.25) is 0 Å². The molecule has 4 nitrogen and oxygen atoms in total. The summed E-state index contributed by atoms with van der Waals surface area (Å²) in [5.41, 5.74) is -1.04. The molecule has 1 aromatic heterocycles. The number of benzene rings is 1. The van der Waals surface area contributed by atoms with E-state index in [1.54, 1.807) is 24.3 Å². The second-order valence-electron chi connectivity index (χ2n) is 7.15. The molecule has 28 heavy (non-hydrogen) atoms. The summed E-state index contributed by atoms with van der Waals surface area (Å²) in [6.07, 6.45) is -1.24. The van der Waals surface area contributed by atoms with E-state index in [0.717, 1.165) is 41.3 Å². The van der Waals surface area contributed by atoms with Gasteiger partial charge in [0, 0.05) is 11.3 Å². The lowest BCUT2D eigenvalue weighted by atomic mass is 9.89. The van der Waals surface area contributed by atoms with E-state index in [4.69, 9.17) is 0 Å². The van der Waals surface area contributed by atoms with Gasteiger partial charge in [0.05, 0.1) is 11.3 Å². The van der Waals surface area contributed by atoms with E-state index in [9.17, 15) is 23.2 Å². The van der Waals surface area contributed by atoms with Crippen molar-refractivity contribution in [2.45, 2.75) is 45.7 Å². The fourth-order valence-electron chi connectivity index (χ4n) is 3.41. The minimum atomic E-state index is -4.81. The van der Waals surface area contributed by atoms with Crippen molar-refractivity contribution in [1.29, 1.82) is 5.26 Å². The van der Waals surface area contributed by atoms with E-state index in [1.165, 1.54) is 6.07 Å². The van der Waals surface area contributed by atoms with Crippen LogP contribution >= 0.6 is 0 Å². The Balaban J connectivity index is 2.33. The van der Waals surface area contributed by atoms with Crippen molar-refractivity contribution >= 4 is 5.71 Å². The van der Waals surface area contributed by atoms with Crippen molar-refractivity contribution in [1.82, 2.24) is 4.68 Å². The third-order valence-electron chi connectivity index (χ3n) is 5.07. The lowest BCUT2D eigenvalue weighted by Crippen LogP contribution is -2.28. The topological polar surface area (TPSA) is 58.1 Å². The van der Waals surface area contributed by atoms with Gasteiger partial charge in [-0.05, 0) is 38.2 Å². The SMILES string of the molecule is Cc1ccc(-c2cc(C(F)(F)F)c(C#N)c(=O)n2/N=C2/CCCCC2C)cc1. The summed E-state index contributed by atoms with van der Waals surface area (Å²) < 4.78 is 41.4. The van der Waals surface area contributed by atoms with E-state index < -0.39 is 22.9 Å². The fraction of sp³-hybridized carbons (Fsp3) is 0.381. The van der Waals surface area contributed by atoms with Gasteiger partial charge in [-0.15, -0.1) is 0 Å². The van der Waals surface area contributed by atoms with Crippen LogP contribution in [0.4, 0.5) is 13.2 Å². The van der Waals surface area contributed by atoms with Crippen molar-refractivity contribution in [2.75, 3.05) is 0 Å². The lowest BCUT2D eigenvalue weighted by Gasteiger charge is -2.21. The van der Waals surface area contributed by atoms with E-state index in [1.807, 2.05) is 13.8 Å². The number of nitriles is 1. The molecule has 0 spiro atoms. The second-order valence-corrected chi connectivity index (χ2v) is 7.15. The summed E-state index contributed by atoms with van der Waals surface area (Å²) in [4.78, 5) is 12.8. The van der Waals surface area contributed by atoms with Gasteiger partial charge in [-0.2, -0.15) is 28.2 Å². The molecule has 1 fully saturated rings. The van der Waals surface area contributed by atoms with Gasteiger partial charge in [0.25, 0.3) is 5.56 Å². The summed E-state index contributed by atoms with van der Waals surface area (Å²) in [7, 11) is 0. The minimum absolute atomic E-state index is 0.0293. The van der Waals surface area contributed by atoms with Crippen LogP contribution in [0.3, 0.4) is 0 Å². The molecular weight excluding hydrogens is 367 g/mol. The first-order valence-electron chi connectivity index (χ1n) is 9.14. The maximum absolute atomic E-state index is 13.5. The average molecular weight is 387 g/mol. The largest absolute Gasteiger partial charge is 0.417 e. The zero-order chi connectivity index (χ0) is 20.5. The standard InChI is InChI=1S/C21H20F3N3O/c1-13-7-9-15(10-8-13)19-11-17(21(22,23)24)16(12-25)20(28)27(19)26-18-6-4-3-5-14(18)2/h7-11,14H,3-6H2,1-2H3/b26-18-. The maximum atomic E-state index is 13.5. The summed E-state index contributed by atoms with van der Waals surface area (Å²) in [6.45, 7) is 3.85. The highest BCUT2D eigenvalue weighted by atomic mass is 19.4. The Morgan fingerprint density at radius 1 is 1.21 bits per heavy atom. The molecular formula is C21H20F3N3O.